The van der Waals surface area contributed by atoms with Gasteiger partial charge in [-0.3, -0.25) is 20.9 Å². The first-order valence-electron chi connectivity index (χ1n) is 5.51. The Kier molecular flexibility index (Phi) is 3.62. The van der Waals surface area contributed by atoms with Crippen molar-refractivity contribution in [2.45, 2.75) is 13.8 Å². The van der Waals surface area contributed by atoms with E-state index in [-0.39, 0.29) is 11.9 Å². The Labute approximate surface area is 109 Å². The molecule has 0 radical (unpaired) electrons. The Morgan fingerprint density at radius 3 is 2.74 bits per heavy atom. The number of hydrogen-bond acceptors (Lipinski definition) is 7. The molecule has 0 fully saturated rings. The van der Waals surface area contributed by atoms with E-state index in [0.29, 0.717) is 22.6 Å². The van der Waals surface area contributed by atoms with Crippen molar-refractivity contribution < 1.29 is 4.79 Å². The summed E-state index contributed by atoms with van der Waals surface area (Å²) in [6.07, 6.45) is 2.95. The van der Waals surface area contributed by atoms with Crippen LogP contribution in [-0.2, 0) is 0 Å². The van der Waals surface area contributed by atoms with Crippen molar-refractivity contribution in [1.29, 1.82) is 0 Å². The molecule has 8 heteroatoms. The summed E-state index contributed by atoms with van der Waals surface area (Å²) in [7, 11) is 0. The molecule has 0 aliphatic carbocycles. The number of hydrazine groups is 1. The number of hydrogen-bond donors (Lipinski definition) is 3. The highest BCUT2D eigenvalue weighted by Crippen LogP contribution is 2.13. The van der Waals surface area contributed by atoms with Gasteiger partial charge in [0.1, 0.15) is 0 Å². The van der Waals surface area contributed by atoms with Crippen LogP contribution in [0.4, 0.5) is 11.6 Å². The molecule has 0 aliphatic rings. The summed E-state index contributed by atoms with van der Waals surface area (Å²) in [5.41, 5.74) is 4.58. The van der Waals surface area contributed by atoms with Crippen LogP contribution in [0.15, 0.2) is 18.5 Å². The first-order valence-corrected chi connectivity index (χ1v) is 5.51. The van der Waals surface area contributed by atoms with Gasteiger partial charge in [0.05, 0.1) is 28.8 Å². The van der Waals surface area contributed by atoms with E-state index in [1.54, 1.807) is 19.9 Å². The lowest BCUT2D eigenvalue weighted by Gasteiger charge is -2.08. The Balaban J connectivity index is 2.23. The molecule has 8 nitrogen and oxygen atoms in total. The predicted molar refractivity (Wildman–Crippen MR) is 69.3 cm³/mol. The number of pyridine rings is 1. The van der Waals surface area contributed by atoms with Gasteiger partial charge in [0, 0.05) is 6.20 Å². The summed E-state index contributed by atoms with van der Waals surface area (Å²) in [5, 5.41) is 10.2. The molecule has 0 aliphatic heterocycles. The second-order valence-corrected chi connectivity index (χ2v) is 3.83. The molecule has 0 bridgehead atoms. The van der Waals surface area contributed by atoms with Gasteiger partial charge in [-0.15, -0.1) is 5.10 Å². The van der Waals surface area contributed by atoms with Gasteiger partial charge in [-0.25, -0.2) is 4.98 Å². The van der Waals surface area contributed by atoms with Crippen molar-refractivity contribution >= 4 is 17.5 Å². The Morgan fingerprint density at radius 2 is 2.05 bits per heavy atom. The smallest absolute Gasteiger partial charge is 0.260 e. The number of aryl methyl sites for hydroxylation is 2. The summed E-state index contributed by atoms with van der Waals surface area (Å²) in [6.45, 7) is 3.58. The number of aromatic nitrogens is 4. The SMILES string of the molecule is Cc1nnc(NC(=O)c2ccncc2NN)nc1C. The number of rotatable bonds is 3. The number of nitrogens with two attached hydrogens (primary N) is 1. The number of nitrogens with one attached hydrogen (secondary N) is 2. The number of carbonyl (C=O) groups is 1. The highest BCUT2D eigenvalue weighted by Gasteiger charge is 2.13. The lowest BCUT2D eigenvalue weighted by Crippen LogP contribution is -2.19. The lowest BCUT2D eigenvalue weighted by molar-refractivity contribution is 0.102. The number of carbonyl (C=O) groups excluding carboxylic acids is 1. The van der Waals surface area contributed by atoms with Crippen LogP contribution >= 0.6 is 0 Å². The van der Waals surface area contributed by atoms with E-state index in [2.05, 4.69) is 30.9 Å². The quantitative estimate of drug-likeness (QED) is 0.540. The average Bonchev–Trinajstić information content (AvgIpc) is 2.43. The zero-order chi connectivity index (χ0) is 13.8. The lowest BCUT2D eigenvalue weighted by atomic mass is 10.2. The van der Waals surface area contributed by atoms with E-state index in [4.69, 9.17) is 5.84 Å². The maximum Gasteiger partial charge on any atom is 0.260 e. The molecule has 4 N–H and O–H groups in total. The molecule has 0 aromatic carbocycles. The molecular weight excluding hydrogens is 246 g/mol. The Bertz CT molecular complexity index is 614. The molecular formula is C11H13N7O. The monoisotopic (exact) mass is 259 g/mol. The minimum Gasteiger partial charge on any atom is -0.322 e. The third-order valence-electron chi connectivity index (χ3n) is 2.54. The summed E-state index contributed by atoms with van der Waals surface area (Å²) in [6, 6.07) is 1.54. The van der Waals surface area contributed by atoms with Crippen LogP contribution in [0.3, 0.4) is 0 Å². The summed E-state index contributed by atoms with van der Waals surface area (Å²) in [4.78, 5) is 20.0. The number of nitrogen functional groups attached to an aromatic ring is 1. The predicted octanol–water partition coefficient (Wildman–Crippen LogP) is 0.421. The first-order chi connectivity index (χ1) is 9.11. The highest BCUT2D eigenvalue weighted by molar-refractivity contribution is 6.07. The van der Waals surface area contributed by atoms with Gasteiger partial charge in [-0.2, -0.15) is 5.10 Å². The molecule has 0 saturated heterocycles. The van der Waals surface area contributed by atoms with Crippen LogP contribution in [-0.4, -0.2) is 26.1 Å². The fourth-order valence-electron chi connectivity index (χ4n) is 1.39. The van der Waals surface area contributed by atoms with Gasteiger partial charge in [0.15, 0.2) is 0 Å². The van der Waals surface area contributed by atoms with Gasteiger partial charge in [-0.1, -0.05) is 0 Å². The molecule has 2 aromatic rings. The van der Waals surface area contributed by atoms with E-state index in [9.17, 15) is 4.79 Å². The molecule has 19 heavy (non-hydrogen) atoms. The van der Waals surface area contributed by atoms with Gasteiger partial charge in [0.2, 0.25) is 5.95 Å². The minimum atomic E-state index is -0.389. The van der Waals surface area contributed by atoms with Crippen LogP contribution < -0.4 is 16.6 Å². The maximum absolute atomic E-state index is 12.0. The van der Waals surface area contributed by atoms with Gasteiger partial charge >= 0.3 is 0 Å². The number of amides is 1. The van der Waals surface area contributed by atoms with Crippen molar-refractivity contribution in [1.82, 2.24) is 20.2 Å². The van der Waals surface area contributed by atoms with E-state index in [0.717, 1.165) is 0 Å². The second-order valence-electron chi connectivity index (χ2n) is 3.83. The van der Waals surface area contributed by atoms with Crippen molar-refractivity contribution in [3.63, 3.8) is 0 Å². The number of anilines is 2. The molecule has 0 spiro atoms. The standard InChI is InChI=1S/C11H13N7O/c1-6-7(2)17-18-11(14-6)15-10(19)8-3-4-13-5-9(8)16-12/h3-5,16H,12H2,1-2H3,(H,14,15,18,19). The van der Waals surface area contributed by atoms with Crippen LogP contribution in [0.25, 0.3) is 0 Å². The third-order valence-corrected chi connectivity index (χ3v) is 2.54. The average molecular weight is 259 g/mol. The van der Waals surface area contributed by atoms with Crippen LogP contribution in [0.5, 0.6) is 0 Å². The third kappa shape index (κ3) is 2.80. The molecule has 98 valence electrons. The van der Waals surface area contributed by atoms with Crippen molar-refractivity contribution in [2.75, 3.05) is 10.7 Å². The van der Waals surface area contributed by atoms with Gasteiger partial charge < -0.3 is 5.43 Å². The van der Waals surface area contributed by atoms with Gasteiger partial charge in [0.25, 0.3) is 5.91 Å². The molecule has 0 saturated carbocycles. The molecule has 0 unspecified atom stereocenters. The topological polar surface area (TPSA) is 119 Å². The summed E-state index contributed by atoms with van der Waals surface area (Å²) in [5.74, 6) is 5.07. The Hall–Kier alpha value is -2.61. The van der Waals surface area contributed by atoms with E-state index >= 15 is 0 Å². The summed E-state index contributed by atoms with van der Waals surface area (Å²) >= 11 is 0. The van der Waals surface area contributed by atoms with Crippen LogP contribution in [0.2, 0.25) is 0 Å². The zero-order valence-electron chi connectivity index (χ0n) is 10.5. The van der Waals surface area contributed by atoms with Crippen molar-refractivity contribution in [2.24, 2.45) is 5.84 Å². The van der Waals surface area contributed by atoms with Crippen molar-refractivity contribution in [3.05, 3.63) is 35.4 Å². The molecule has 2 rings (SSSR count). The normalized spacial score (nSPS) is 10.1. The zero-order valence-corrected chi connectivity index (χ0v) is 10.5. The van der Waals surface area contributed by atoms with Crippen molar-refractivity contribution in [3.8, 4) is 0 Å². The molecule has 2 aromatic heterocycles. The number of nitrogens with zero attached hydrogens (tertiary/aromatic N) is 4. The van der Waals surface area contributed by atoms with E-state index < -0.39 is 0 Å². The largest absolute Gasteiger partial charge is 0.322 e. The Morgan fingerprint density at radius 1 is 1.26 bits per heavy atom. The molecule has 0 atom stereocenters. The van der Waals surface area contributed by atoms with E-state index in [1.165, 1.54) is 12.4 Å². The van der Waals surface area contributed by atoms with Gasteiger partial charge in [-0.05, 0) is 19.9 Å². The summed E-state index contributed by atoms with van der Waals surface area (Å²) < 4.78 is 0. The first kappa shape index (κ1) is 12.8. The second kappa shape index (κ2) is 5.36. The maximum atomic E-state index is 12.0. The van der Waals surface area contributed by atoms with E-state index in [1.807, 2.05) is 0 Å². The molecule has 1 amide bonds. The van der Waals surface area contributed by atoms with Crippen LogP contribution in [0, 0.1) is 13.8 Å². The fourth-order valence-corrected chi connectivity index (χ4v) is 1.39. The van der Waals surface area contributed by atoms with Crippen LogP contribution in [0.1, 0.15) is 21.7 Å². The fraction of sp³-hybridized carbons (Fsp3) is 0.182. The molecule has 2 heterocycles. The highest BCUT2D eigenvalue weighted by atomic mass is 16.1. The minimum absolute atomic E-state index is 0.146.